The number of amides is 1. The quantitative estimate of drug-likeness (QED) is 0.630. The Balaban J connectivity index is 2.84. The predicted molar refractivity (Wildman–Crippen MR) is 76.0 cm³/mol. The lowest BCUT2D eigenvalue weighted by Gasteiger charge is -2.46. The van der Waals surface area contributed by atoms with Crippen LogP contribution in [0.15, 0.2) is 0 Å². The topological polar surface area (TPSA) is 32.3 Å². The van der Waals surface area contributed by atoms with Gasteiger partial charge >= 0.3 is 0 Å². The highest BCUT2D eigenvalue weighted by atomic mass is 127. The second kappa shape index (κ2) is 6.19. The van der Waals surface area contributed by atoms with Gasteiger partial charge in [-0.25, -0.2) is 0 Å². The van der Waals surface area contributed by atoms with E-state index in [1.54, 1.807) is 7.05 Å². The first-order valence-corrected chi connectivity index (χ1v) is 7.66. The minimum atomic E-state index is 0.0819. The van der Waals surface area contributed by atoms with Crippen molar-refractivity contribution >= 4 is 28.5 Å². The fourth-order valence-corrected chi connectivity index (χ4v) is 3.37. The van der Waals surface area contributed by atoms with Crippen LogP contribution in [0, 0.1) is 0 Å². The largest absolute Gasteiger partial charge is 0.358 e. The molecule has 0 radical (unpaired) electrons. The van der Waals surface area contributed by atoms with Gasteiger partial charge in [-0.15, -0.1) is 0 Å². The second-order valence-corrected chi connectivity index (χ2v) is 5.57. The van der Waals surface area contributed by atoms with Crippen LogP contribution in [0.25, 0.3) is 0 Å². The number of hydrogen-bond donors (Lipinski definition) is 1. The molecule has 1 fully saturated rings. The lowest BCUT2D eigenvalue weighted by molar-refractivity contribution is -0.130. The van der Waals surface area contributed by atoms with Crippen LogP contribution in [-0.4, -0.2) is 40.4 Å². The van der Waals surface area contributed by atoms with Crippen LogP contribution < -0.4 is 5.32 Å². The van der Waals surface area contributed by atoms with E-state index in [0.29, 0.717) is 0 Å². The van der Waals surface area contributed by atoms with Crippen LogP contribution in [0.1, 0.15) is 39.5 Å². The van der Waals surface area contributed by atoms with Crippen LogP contribution in [0.4, 0.5) is 0 Å². The first-order valence-electron chi connectivity index (χ1n) is 6.13. The maximum Gasteiger partial charge on any atom is 0.237 e. The molecule has 0 spiro atoms. The maximum absolute atomic E-state index is 11.9. The third-order valence-corrected chi connectivity index (χ3v) is 5.44. The minimum absolute atomic E-state index is 0.0819. The number of piperidine rings is 1. The molecule has 1 heterocycles. The van der Waals surface area contributed by atoms with Gasteiger partial charge in [0.2, 0.25) is 5.91 Å². The van der Waals surface area contributed by atoms with Crippen molar-refractivity contribution in [2.75, 3.05) is 18.0 Å². The van der Waals surface area contributed by atoms with Gasteiger partial charge in [0, 0.05) is 17.0 Å². The zero-order valence-electron chi connectivity index (χ0n) is 10.6. The molecule has 0 aromatic rings. The van der Waals surface area contributed by atoms with Gasteiger partial charge in [0.1, 0.15) is 0 Å². The van der Waals surface area contributed by atoms with E-state index in [-0.39, 0.29) is 17.5 Å². The van der Waals surface area contributed by atoms with Crippen molar-refractivity contribution in [2.24, 2.45) is 0 Å². The molecule has 2 atom stereocenters. The van der Waals surface area contributed by atoms with E-state index in [1.807, 2.05) is 0 Å². The zero-order valence-corrected chi connectivity index (χ0v) is 12.7. The molecule has 0 aromatic heterocycles. The van der Waals surface area contributed by atoms with E-state index >= 15 is 0 Å². The number of rotatable bonds is 4. The van der Waals surface area contributed by atoms with Crippen LogP contribution in [-0.2, 0) is 4.79 Å². The molecule has 1 aliphatic heterocycles. The highest BCUT2D eigenvalue weighted by Gasteiger charge is 2.38. The molecule has 1 N–H and O–H groups in total. The second-order valence-electron chi connectivity index (χ2n) is 4.80. The number of likely N-dealkylation sites (N-methyl/N-ethyl adjacent to an activating group) is 1. The molecule has 0 bridgehead atoms. The summed E-state index contributed by atoms with van der Waals surface area (Å²) in [5.41, 5.74) is 0.165. The van der Waals surface area contributed by atoms with Crippen molar-refractivity contribution in [3.63, 3.8) is 0 Å². The fourth-order valence-electron chi connectivity index (χ4n) is 2.39. The van der Waals surface area contributed by atoms with E-state index in [4.69, 9.17) is 0 Å². The Labute approximate surface area is 112 Å². The highest BCUT2D eigenvalue weighted by Crippen LogP contribution is 2.30. The molecule has 1 saturated heterocycles. The molecule has 0 aromatic carbocycles. The molecule has 2 unspecified atom stereocenters. The summed E-state index contributed by atoms with van der Waals surface area (Å²) < 4.78 is 1.08. The SMILES string of the molecule is CCC(C)(CI)N1CCCCC1C(=O)NC. The van der Waals surface area contributed by atoms with E-state index in [2.05, 4.69) is 46.7 Å². The predicted octanol–water partition coefficient (Wildman–Crippen LogP) is 2.19. The van der Waals surface area contributed by atoms with Gasteiger partial charge in [0.15, 0.2) is 0 Å². The van der Waals surface area contributed by atoms with Crippen LogP contribution in [0.2, 0.25) is 0 Å². The van der Waals surface area contributed by atoms with Crippen molar-refractivity contribution in [3.05, 3.63) is 0 Å². The first kappa shape index (κ1) is 14.2. The van der Waals surface area contributed by atoms with Gasteiger partial charge in [-0.1, -0.05) is 35.9 Å². The number of nitrogens with zero attached hydrogens (tertiary/aromatic N) is 1. The normalized spacial score (nSPS) is 26.1. The van der Waals surface area contributed by atoms with Gasteiger partial charge in [-0.05, 0) is 32.7 Å². The van der Waals surface area contributed by atoms with E-state index in [0.717, 1.165) is 23.8 Å². The molecule has 1 aliphatic rings. The van der Waals surface area contributed by atoms with Gasteiger partial charge in [0.25, 0.3) is 0 Å². The van der Waals surface area contributed by atoms with Crippen LogP contribution >= 0.6 is 22.6 Å². The number of carbonyl (C=O) groups excluding carboxylic acids is 1. The fraction of sp³-hybridized carbons (Fsp3) is 0.917. The average Bonchev–Trinajstić information content (AvgIpc) is 2.37. The van der Waals surface area contributed by atoms with E-state index in [9.17, 15) is 4.79 Å². The average molecular weight is 338 g/mol. The molecule has 1 rings (SSSR count). The summed E-state index contributed by atoms with van der Waals surface area (Å²) in [5, 5.41) is 2.80. The summed E-state index contributed by atoms with van der Waals surface area (Å²) in [6, 6.07) is 0.0819. The van der Waals surface area contributed by atoms with Gasteiger partial charge < -0.3 is 5.32 Å². The zero-order chi connectivity index (χ0) is 12.2. The molecule has 1 amide bonds. The Morgan fingerprint density at radius 2 is 2.25 bits per heavy atom. The van der Waals surface area contributed by atoms with E-state index in [1.165, 1.54) is 12.8 Å². The summed E-state index contributed by atoms with van der Waals surface area (Å²) in [6.45, 7) is 5.56. The minimum Gasteiger partial charge on any atom is -0.358 e. The third-order valence-electron chi connectivity index (χ3n) is 3.79. The van der Waals surface area contributed by atoms with Crippen LogP contribution in [0.5, 0.6) is 0 Å². The first-order chi connectivity index (χ1) is 7.59. The summed E-state index contributed by atoms with van der Waals surface area (Å²) in [5.74, 6) is 0.184. The van der Waals surface area contributed by atoms with Crippen molar-refractivity contribution in [1.29, 1.82) is 0 Å². The summed E-state index contributed by atoms with van der Waals surface area (Å²) in [6.07, 6.45) is 4.50. The molecule has 94 valence electrons. The Morgan fingerprint density at radius 3 is 2.75 bits per heavy atom. The Kier molecular flexibility index (Phi) is 5.50. The lowest BCUT2D eigenvalue weighted by atomic mass is 9.91. The highest BCUT2D eigenvalue weighted by molar-refractivity contribution is 14.1. The van der Waals surface area contributed by atoms with Crippen molar-refractivity contribution in [1.82, 2.24) is 10.2 Å². The van der Waals surface area contributed by atoms with E-state index < -0.39 is 0 Å². The molecule has 3 nitrogen and oxygen atoms in total. The monoisotopic (exact) mass is 338 g/mol. The third kappa shape index (κ3) is 2.88. The van der Waals surface area contributed by atoms with Gasteiger partial charge in [-0.2, -0.15) is 0 Å². The standard InChI is InChI=1S/C12H23IN2O/c1-4-12(2,9-13)15-8-6-5-7-10(15)11(16)14-3/h10H,4-9H2,1-3H3,(H,14,16). The lowest BCUT2D eigenvalue weighted by Crippen LogP contribution is -2.59. The Bertz CT molecular complexity index is 241. The molecule has 4 heteroatoms. The Morgan fingerprint density at radius 1 is 1.56 bits per heavy atom. The smallest absolute Gasteiger partial charge is 0.237 e. The number of carbonyl (C=O) groups is 1. The number of likely N-dealkylation sites (tertiary alicyclic amines) is 1. The number of alkyl halides is 1. The summed E-state index contributed by atoms with van der Waals surface area (Å²) in [4.78, 5) is 14.3. The molecule has 16 heavy (non-hydrogen) atoms. The maximum atomic E-state index is 11.9. The number of hydrogen-bond acceptors (Lipinski definition) is 2. The molecular weight excluding hydrogens is 315 g/mol. The Hall–Kier alpha value is 0.160. The molecular formula is C12H23IN2O. The number of halogens is 1. The van der Waals surface area contributed by atoms with Crippen molar-refractivity contribution in [3.8, 4) is 0 Å². The number of nitrogens with one attached hydrogen (secondary N) is 1. The van der Waals surface area contributed by atoms with Crippen molar-refractivity contribution in [2.45, 2.75) is 51.1 Å². The van der Waals surface area contributed by atoms with Gasteiger partial charge in [-0.3, -0.25) is 9.69 Å². The molecule has 0 saturated carbocycles. The summed E-state index contributed by atoms with van der Waals surface area (Å²) >= 11 is 2.44. The van der Waals surface area contributed by atoms with Crippen molar-refractivity contribution < 1.29 is 4.79 Å². The van der Waals surface area contributed by atoms with Crippen LogP contribution in [0.3, 0.4) is 0 Å². The molecule has 0 aliphatic carbocycles. The van der Waals surface area contributed by atoms with Gasteiger partial charge in [0.05, 0.1) is 6.04 Å². The summed E-state index contributed by atoms with van der Waals surface area (Å²) in [7, 11) is 1.74.